The number of hydrogen-bond acceptors (Lipinski definition) is 3. The van der Waals surface area contributed by atoms with Gasteiger partial charge in [0, 0.05) is 5.56 Å². The van der Waals surface area contributed by atoms with Gasteiger partial charge in [-0.25, -0.2) is 0 Å². The highest BCUT2D eigenvalue weighted by Crippen LogP contribution is 2.12. The summed E-state index contributed by atoms with van der Waals surface area (Å²) < 4.78 is 5.44. The zero-order valence-electron chi connectivity index (χ0n) is 17.2. The highest BCUT2D eigenvalue weighted by Gasteiger charge is 2.23. The van der Waals surface area contributed by atoms with Gasteiger partial charge in [0.05, 0.1) is 19.8 Å². The van der Waals surface area contributed by atoms with E-state index in [2.05, 4.69) is 34.9 Å². The molecule has 0 spiro atoms. The van der Waals surface area contributed by atoms with Crippen molar-refractivity contribution in [3.63, 3.8) is 0 Å². The molecule has 154 valence electrons. The van der Waals surface area contributed by atoms with Crippen LogP contribution in [-0.2, 0) is 9.53 Å². The molecule has 1 saturated heterocycles. The van der Waals surface area contributed by atoms with Crippen LogP contribution in [0.15, 0.2) is 48.5 Å². The van der Waals surface area contributed by atoms with Gasteiger partial charge in [-0.15, -0.1) is 0 Å². The van der Waals surface area contributed by atoms with Crippen molar-refractivity contribution < 1.29 is 19.2 Å². The number of carbonyl (C=O) groups is 2. The molecule has 0 radical (unpaired) electrons. The molecule has 1 aliphatic rings. The van der Waals surface area contributed by atoms with Crippen LogP contribution >= 0.6 is 0 Å². The third kappa shape index (κ3) is 6.41. The fourth-order valence-electron chi connectivity index (χ4n) is 3.50. The van der Waals surface area contributed by atoms with Crippen LogP contribution in [0.4, 0.5) is 0 Å². The summed E-state index contributed by atoms with van der Waals surface area (Å²) in [5.41, 5.74) is 3.83. The summed E-state index contributed by atoms with van der Waals surface area (Å²) in [6.07, 6.45) is 0. The molecule has 0 aromatic heterocycles. The van der Waals surface area contributed by atoms with E-state index >= 15 is 0 Å². The van der Waals surface area contributed by atoms with Gasteiger partial charge >= 0.3 is 0 Å². The van der Waals surface area contributed by atoms with E-state index in [1.54, 1.807) is 6.07 Å². The molecule has 2 amide bonds. The molecular weight excluding hydrogens is 366 g/mol. The van der Waals surface area contributed by atoms with Crippen molar-refractivity contribution in [2.75, 3.05) is 39.4 Å². The predicted molar refractivity (Wildman–Crippen MR) is 112 cm³/mol. The molecule has 0 unspecified atom stereocenters. The minimum Gasteiger partial charge on any atom is -0.370 e. The third-order valence-electron chi connectivity index (χ3n) is 5.20. The first-order valence-electron chi connectivity index (χ1n) is 10.1. The highest BCUT2D eigenvalue weighted by molar-refractivity contribution is 5.96. The van der Waals surface area contributed by atoms with E-state index in [9.17, 15) is 9.59 Å². The van der Waals surface area contributed by atoms with Crippen molar-refractivity contribution in [2.24, 2.45) is 0 Å². The number of hydrogen-bond donors (Lipinski definition) is 3. The van der Waals surface area contributed by atoms with Crippen LogP contribution in [0.25, 0.3) is 0 Å². The molecule has 3 rings (SSSR count). The number of aryl methyl sites for hydroxylation is 2. The molecule has 1 aliphatic heterocycles. The van der Waals surface area contributed by atoms with Crippen molar-refractivity contribution in [1.29, 1.82) is 0 Å². The maximum atomic E-state index is 12.6. The molecule has 29 heavy (non-hydrogen) atoms. The Morgan fingerprint density at radius 1 is 1.03 bits per heavy atom. The smallest absolute Gasteiger partial charge is 0.251 e. The van der Waals surface area contributed by atoms with Crippen LogP contribution in [0.2, 0.25) is 0 Å². The first-order chi connectivity index (χ1) is 14.0. The first-order valence-corrected chi connectivity index (χ1v) is 10.1. The summed E-state index contributed by atoms with van der Waals surface area (Å²) in [6.45, 7) is 8.09. The number of carbonyl (C=O) groups excluding carboxylic acids is 2. The topological polar surface area (TPSA) is 71.9 Å². The number of ether oxygens (including phenoxy) is 1. The van der Waals surface area contributed by atoms with Gasteiger partial charge in [0.25, 0.3) is 5.91 Å². The summed E-state index contributed by atoms with van der Waals surface area (Å²) in [5.74, 6) is -0.432. The molecule has 2 aromatic rings. The monoisotopic (exact) mass is 396 g/mol. The first kappa shape index (κ1) is 21.0. The quantitative estimate of drug-likeness (QED) is 0.649. The molecule has 0 aliphatic carbocycles. The van der Waals surface area contributed by atoms with Gasteiger partial charge in [0.15, 0.2) is 0 Å². The molecule has 1 heterocycles. The number of amides is 2. The van der Waals surface area contributed by atoms with Crippen LogP contribution < -0.4 is 15.5 Å². The Bertz CT molecular complexity index is 830. The van der Waals surface area contributed by atoms with E-state index in [-0.39, 0.29) is 24.4 Å². The van der Waals surface area contributed by atoms with Crippen molar-refractivity contribution in [3.05, 3.63) is 70.8 Å². The number of benzene rings is 2. The lowest BCUT2D eigenvalue weighted by molar-refractivity contribution is -0.909. The number of rotatable bonds is 7. The number of morpholine rings is 1. The second-order valence-electron chi connectivity index (χ2n) is 7.65. The Hall–Kier alpha value is -2.70. The van der Waals surface area contributed by atoms with Gasteiger partial charge in [-0.2, -0.15) is 0 Å². The molecule has 0 bridgehead atoms. The van der Waals surface area contributed by atoms with Gasteiger partial charge in [0.2, 0.25) is 5.91 Å². The molecule has 3 N–H and O–H groups in total. The second kappa shape index (κ2) is 10.2. The standard InChI is InChI=1S/C23H29N3O3/c1-17-6-8-19(9-7-17)21(16-26-10-12-29-13-11-26)25-22(27)15-24-23(28)20-5-3-4-18(2)14-20/h3-9,14,21H,10-13,15-16H2,1-2H3,(H,24,28)(H,25,27)/p+1/t21-/m0/s1. The van der Waals surface area contributed by atoms with E-state index in [0.717, 1.165) is 44.0 Å². The van der Waals surface area contributed by atoms with Crippen molar-refractivity contribution >= 4 is 11.8 Å². The zero-order chi connectivity index (χ0) is 20.6. The lowest BCUT2D eigenvalue weighted by atomic mass is 10.0. The average Bonchev–Trinajstić information content (AvgIpc) is 2.73. The van der Waals surface area contributed by atoms with E-state index in [0.29, 0.717) is 5.56 Å². The van der Waals surface area contributed by atoms with Crippen LogP contribution in [0.5, 0.6) is 0 Å². The fourth-order valence-corrected chi connectivity index (χ4v) is 3.50. The average molecular weight is 397 g/mol. The Labute approximate surface area is 172 Å². The molecule has 0 saturated carbocycles. The van der Waals surface area contributed by atoms with Gasteiger partial charge < -0.3 is 20.3 Å². The summed E-state index contributed by atoms with van der Waals surface area (Å²) >= 11 is 0. The second-order valence-corrected chi connectivity index (χ2v) is 7.65. The molecule has 2 aromatic carbocycles. The lowest BCUT2D eigenvalue weighted by Crippen LogP contribution is -3.14. The summed E-state index contributed by atoms with van der Waals surface area (Å²) in [7, 11) is 0. The Morgan fingerprint density at radius 3 is 2.45 bits per heavy atom. The predicted octanol–water partition coefficient (Wildman–Crippen LogP) is 0.806. The Kier molecular flexibility index (Phi) is 7.38. The maximum Gasteiger partial charge on any atom is 0.251 e. The minimum atomic E-state index is -0.241. The lowest BCUT2D eigenvalue weighted by Gasteiger charge is -2.28. The highest BCUT2D eigenvalue weighted by atomic mass is 16.5. The van der Waals surface area contributed by atoms with Crippen molar-refractivity contribution in [1.82, 2.24) is 10.6 Å². The van der Waals surface area contributed by atoms with E-state index in [1.165, 1.54) is 10.5 Å². The zero-order valence-corrected chi connectivity index (χ0v) is 17.2. The number of nitrogens with one attached hydrogen (secondary N) is 3. The summed E-state index contributed by atoms with van der Waals surface area (Å²) in [4.78, 5) is 26.3. The fraction of sp³-hybridized carbons (Fsp3) is 0.391. The maximum absolute atomic E-state index is 12.6. The molecule has 1 fully saturated rings. The van der Waals surface area contributed by atoms with Crippen LogP contribution in [0.3, 0.4) is 0 Å². The van der Waals surface area contributed by atoms with E-state index < -0.39 is 0 Å². The van der Waals surface area contributed by atoms with Gasteiger partial charge in [-0.1, -0.05) is 47.5 Å². The van der Waals surface area contributed by atoms with E-state index in [4.69, 9.17) is 4.74 Å². The largest absolute Gasteiger partial charge is 0.370 e. The normalized spacial score (nSPS) is 15.5. The van der Waals surface area contributed by atoms with Crippen LogP contribution in [-0.4, -0.2) is 51.2 Å². The van der Waals surface area contributed by atoms with Crippen LogP contribution in [0.1, 0.15) is 33.1 Å². The van der Waals surface area contributed by atoms with E-state index in [1.807, 2.05) is 32.0 Å². The SMILES string of the molecule is Cc1ccc([C@H](C[NH+]2CCOCC2)NC(=O)CNC(=O)c2cccc(C)c2)cc1. The molecule has 1 atom stereocenters. The van der Waals surface area contributed by atoms with Gasteiger partial charge in [-0.3, -0.25) is 9.59 Å². The summed E-state index contributed by atoms with van der Waals surface area (Å²) in [5, 5.41) is 5.82. The Morgan fingerprint density at radius 2 is 1.76 bits per heavy atom. The molecule has 6 nitrogen and oxygen atoms in total. The van der Waals surface area contributed by atoms with Gasteiger partial charge in [0.1, 0.15) is 25.7 Å². The molecule has 6 heteroatoms. The van der Waals surface area contributed by atoms with Gasteiger partial charge in [-0.05, 0) is 31.5 Å². The van der Waals surface area contributed by atoms with Crippen molar-refractivity contribution in [3.8, 4) is 0 Å². The third-order valence-corrected chi connectivity index (χ3v) is 5.20. The van der Waals surface area contributed by atoms with Crippen LogP contribution in [0, 0.1) is 13.8 Å². The van der Waals surface area contributed by atoms with Crippen molar-refractivity contribution in [2.45, 2.75) is 19.9 Å². The Balaban J connectivity index is 1.60. The number of quaternary nitrogens is 1. The molecular formula is C23H30N3O3+. The minimum absolute atomic E-state index is 0.0480. The summed E-state index contributed by atoms with van der Waals surface area (Å²) in [6, 6.07) is 15.5.